The number of carbonyl (C=O) groups is 3. The molecule has 0 saturated carbocycles. The van der Waals surface area contributed by atoms with Crippen LogP contribution in [-0.2, 0) is 0 Å². The minimum Gasteiger partial charge on any atom is -0.293 e. The molecule has 2 fully saturated rings. The molecule has 2 saturated heterocycles. The van der Waals surface area contributed by atoms with Gasteiger partial charge in [-0.25, -0.2) is 0 Å². The van der Waals surface area contributed by atoms with Crippen molar-refractivity contribution in [3.63, 3.8) is 0 Å². The first-order valence-corrected chi connectivity index (χ1v) is 12.0. The Morgan fingerprint density at radius 1 is 0.969 bits per heavy atom. The number of ketones is 3. The molecule has 3 aliphatic rings. The Hall–Kier alpha value is -2.89. The SMILES string of the molecule is Cc1ccc([C@@H]2C3CCCN3C3(C(=O)c4ccccc4C3=O)[C@H]2C(=O)c2cccs2)cc1. The Morgan fingerprint density at radius 3 is 2.28 bits per heavy atom. The van der Waals surface area contributed by atoms with Crippen LogP contribution in [0.15, 0.2) is 66.0 Å². The lowest BCUT2D eigenvalue weighted by Gasteiger charge is -2.35. The lowest BCUT2D eigenvalue weighted by molar-refractivity contribution is 0.0473. The first kappa shape index (κ1) is 19.8. The molecule has 3 heterocycles. The summed E-state index contributed by atoms with van der Waals surface area (Å²) >= 11 is 1.38. The van der Waals surface area contributed by atoms with Gasteiger partial charge in [0.25, 0.3) is 0 Å². The molecular formula is C27H23NO3S. The fourth-order valence-corrected chi connectivity index (χ4v) is 7.03. The molecule has 0 amide bonds. The van der Waals surface area contributed by atoms with Crippen molar-refractivity contribution in [3.05, 3.63) is 93.2 Å². The van der Waals surface area contributed by atoms with Gasteiger partial charge in [0.1, 0.15) is 0 Å². The van der Waals surface area contributed by atoms with E-state index in [4.69, 9.17) is 0 Å². The number of hydrogen-bond donors (Lipinski definition) is 0. The predicted molar refractivity (Wildman–Crippen MR) is 124 cm³/mol. The quantitative estimate of drug-likeness (QED) is 0.427. The number of nitrogens with zero attached hydrogens (tertiary/aromatic N) is 1. The van der Waals surface area contributed by atoms with Gasteiger partial charge in [-0.2, -0.15) is 0 Å². The summed E-state index contributed by atoms with van der Waals surface area (Å²) in [5.41, 5.74) is 1.65. The van der Waals surface area contributed by atoms with Gasteiger partial charge in [-0.1, -0.05) is 60.2 Å². The minimum absolute atomic E-state index is 0.00571. The molecule has 6 rings (SSSR count). The second-order valence-electron chi connectivity index (χ2n) is 9.13. The van der Waals surface area contributed by atoms with E-state index >= 15 is 0 Å². The van der Waals surface area contributed by atoms with Gasteiger partial charge in [-0.3, -0.25) is 19.3 Å². The van der Waals surface area contributed by atoms with Crippen LogP contribution in [-0.4, -0.2) is 40.4 Å². The summed E-state index contributed by atoms with van der Waals surface area (Å²) in [4.78, 5) is 44.9. The molecule has 5 heteroatoms. The van der Waals surface area contributed by atoms with Crippen molar-refractivity contribution in [1.82, 2.24) is 4.90 Å². The lowest BCUT2D eigenvalue weighted by atomic mass is 9.70. The van der Waals surface area contributed by atoms with E-state index < -0.39 is 11.5 Å². The molecule has 1 unspecified atom stereocenters. The molecule has 2 aromatic carbocycles. The van der Waals surface area contributed by atoms with Gasteiger partial charge < -0.3 is 0 Å². The van der Waals surface area contributed by atoms with Gasteiger partial charge >= 0.3 is 0 Å². The average molecular weight is 442 g/mol. The Bertz CT molecular complexity index is 1210. The third kappa shape index (κ3) is 2.44. The van der Waals surface area contributed by atoms with E-state index in [1.54, 1.807) is 24.3 Å². The van der Waals surface area contributed by atoms with Crippen molar-refractivity contribution < 1.29 is 14.4 Å². The summed E-state index contributed by atoms with van der Waals surface area (Å²) in [7, 11) is 0. The Labute approximate surface area is 190 Å². The van der Waals surface area contributed by atoms with E-state index in [9.17, 15) is 14.4 Å². The monoisotopic (exact) mass is 441 g/mol. The van der Waals surface area contributed by atoms with Gasteiger partial charge in [-0.05, 0) is 43.3 Å². The molecule has 160 valence electrons. The third-order valence-corrected chi connectivity index (χ3v) is 8.48. The summed E-state index contributed by atoms with van der Waals surface area (Å²) in [6, 6.07) is 19.0. The number of benzene rings is 2. The van der Waals surface area contributed by atoms with Crippen LogP contribution in [0.2, 0.25) is 0 Å². The molecule has 3 aromatic rings. The summed E-state index contributed by atoms with van der Waals surface area (Å²) < 4.78 is 0. The molecule has 32 heavy (non-hydrogen) atoms. The van der Waals surface area contributed by atoms with Crippen molar-refractivity contribution in [3.8, 4) is 0 Å². The first-order chi connectivity index (χ1) is 15.5. The summed E-state index contributed by atoms with van der Waals surface area (Å²) in [5, 5.41) is 1.88. The molecule has 3 atom stereocenters. The summed E-state index contributed by atoms with van der Waals surface area (Å²) in [6.45, 7) is 2.70. The van der Waals surface area contributed by atoms with E-state index in [0.29, 0.717) is 22.5 Å². The smallest absolute Gasteiger partial charge is 0.192 e. The van der Waals surface area contributed by atoms with Crippen molar-refractivity contribution in [2.24, 2.45) is 5.92 Å². The standard InChI is InChI=1S/C27H23NO3S/c1-16-10-12-17(13-11-16)22-20-8-4-14-28(20)27(23(22)24(29)21-9-5-15-32-21)25(30)18-6-2-3-7-19(18)26(27)31/h2-3,5-7,9-13,15,20,22-23H,4,8,14H2,1H3/t20?,22-,23-/m1/s1. The van der Waals surface area contributed by atoms with Crippen LogP contribution in [0.4, 0.5) is 0 Å². The highest BCUT2D eigenvalue weighted by atomic mass is 32.1. The highest BCUT2D eigenvalue weighted by molar-refractivity contribution is 7.12. The molecular weight excluding hydrogens is 418 g/mol. The van der Waals surface area contributed by atoms with E-state index in [1.165, 1.54) is 11.3 Å². The maximum absolute atomic E-state index is 14.1. The first-order valence-electron chi connectivity index (χ1n) is 11.1. The molecule has 0 radical (unpaired) electrons. The van der Waals surface area contributed by atoms with Crippen LogP contribution < -0.4 is 0 Å². The Morgan fingerprint density at radius 2 is 1.66 bits per heavy atom. The largest absolute Gasteiger partial charge is 0.293 e. The number of hydrogen-bond acceptors (Lipinski definition) is 5. The topological polar surface area (TPSA) is 54.5 Å². The molecule has 1 spiro atoms. The van der Waals surface area contributed by atoms with Crippen molar-refractivity contribution in [2.75, 3.05) is 6.54 Å². The third-order valence-electron chi connectivity index (χ3n) is 7.59. The van der Waals surface area contributed by atoms with Gasteiger partial charge in [0.2, 0.25) is 0 Å². The van der Waals surface area contributed by atoms with Crippen LogP contribution in [0.1, 0.15) is 60.3 Å². The van der Waals surface area contributed by atoms with E-state index in [2.05, 4.69) is 29.2 Å². The minimum atomic E-state index is -1.44. The maximum atomic E-state index is 14.1. The molecule has 0 bridgehead atoms. The highest BCUT2D eigenvalue weighted by Crippen LogP contribution is 2.57. The molecule has 4 nitrogen and oxygen atoms in total. The second kappa shape index (κ2) is 7.06. The molecule has 0 N–H and O–H groups in total. The lowest BCUT2D eigenvalue weighted by Crippen LogP contribution is -2.58. The van der Waals surface area contributed by atoms with Crippen molar-refractivity contribution >= 4 is 28.7 Å². The van der Waals surface area contributed by atoms with Gasteiger partial charge in [0.05, 0.1) is 10.8 Å². The fraction of sp³-hybridized carbons (Fsp3) is 0.296. The molecule has 1 aliphatic carbocycles. The zero-order chi connectivity index (χ0) is 22.0. The van der Waals surface area contributed by atoms with E-state index in [-0.39, 0.29) is 29.3 Å². The van der Waals surface area contributed by atoms with Crippen LogP contribution >= 0.6 is 11.3 Å². The average Bonchev–Trinajstić information content (AvgIpc) is 3.58. The Kier molecular flexibility index (Phi) is 4.36. The number of aryl methyl sites for hydroxylation is 1. The van der Waals surface area contributed by atoms with Crippen LogP contribution in [0.3, 0.4) is 0 Å². The van der Waals surface area contributed by atoms with E-state index in [0.717, 1.165) is 24.0 Å². The predicted octanol–water partition coefficient (Wildman–Crippen LogP) is 4.94. The molecule has 1 aromatic heterocycles. The zero-order valence-electron chi connectivity index (χ0n) is 17.8. The van der Waals surface area contributed by atoms with Gasteiger partial charge in [-0.15, -0.1) is 11.3 Å². The highest BCUT2D eigenvalue weighted by Gasteiger charge is 2.72. The van der Waals surface area contributed by atoms with Gasteiger partial charge in [0, 0.05) is 23.1 Å². The fourth-order valence-electron chi connectivity index (χ4n) is 6.33. The van der Waals surface area contributed by atoms with Crippen LogP contribution in [0.5, 0.6) is 0 Å². The van der Waals surface area contributed by atoms with Gasteiger partial charge in [0.15, 0.2) is 22.9 Å². The number of fused-ring (bicyclic) bond motifs is 3. The second-order valence-corrected chi connectivity index (χ2v) is 10.1. The van der Waals surface area contributed by atoms with E-state index in [1.807, 2.05) is 24.4 Å². The molecule has 2 aliphatic heterocycles. The van der Waals surface area contributed by atoms with Crippen molar-refractivity contribution in [2.45, 2.75) is 37.3 Å². The number of carbonyl (C=O) groups excluding carboxylic acids is 3. The number of thiophene rings is 1. The van der Waals surface area contributed by atoms with Crippen LogP contribution in [0.25, 0.3) is 0 Å². The Balaban J connectivity index is 1.61. The zero-order valence-corrected chi connectivity index (χ0v) is 18.6. The normalized spacial score (nSPS) is 26.0. The summed E-state index contributed by atoms with van der Waals surface area (Å²) in [5.74, 6) is -1.42. The number of rotatable bonds is 3. The maximum Gasteiger partial charge on any atom is 0.192 e. The number of Topliss-reactive ketones (excluding diaryl/α,β-unsaturated/α-hetero) is 3. The summed E-state index contributed by atoms with van der Waals surface area (Å²) in [6.07, 6.45) is 1.80. The van der Waals surface area contributed by atoms with Crippen LogP contribution in [0, 0.1) is 12.8 Å². The van der Waals surface area contributed by atoms with Crippen molar-refractivity contribution in [1.29, 1.82) is 0 Å².